The number of aromatic nitrogens is 2. The average Bonchev–Trinajstić information content (AvgIpc) is 2.24. The molecule has 1 heterocycles. The number of hydrogen-bond donors (Lipinski definition) is 1. The van der Waals surface area contributed by atoms with Gasteiger partial charge < -0.3 is 10.2 Å². The Morgan fingerprint density at radius 1 is 1.44 bits per heavy atom. The van der Waals surface area contributed by atoms with Crippen molar-refractivity contribution in [3.63, 3.8) is 0 Å². The molecule has 88 valence electrons. The molecule has 0 spiro atoms. The number of rotatable bonds is 4. The van der Waals surface area contributed by atoms with E-state index in [4.69, 9.17) is 0 Å². The van der Waals surface area contributed by atoms with Gasteiger partial charge in [-0.15, -0.1) is 0 Å². The molecule has 1 aromatic heterocycles. The molecule has 0 atom stereocenters. The maximum atomic E-state index is 4.49. The minimum absolute atomic E-state index is 0.337. The first-order valence-corrected chi connectivity index (χ1v) is 5.83. The second-order valence-corrected chi connectivity index (χ2v) is 5.01. The van der Waals surface area contributed by atoms with Crippen LogP contribution in [0.4, 0.5) is 5.95 Å². The fourth-order valence-electron chi connectivity index (χ4n) is 1.89. The highest BCUT2D eigenvalue weighted by Gasteiger charge is 2.30. The summed E-state index contributed by atoms with van der Waals surface area (Å²) in [6.45, 7) is 3.12. The first-order chi connectivity index (χ1) is 7.59. The molecule has 1 fully saturated rings. The smallest absolute Gasteiger partial charge is 0.225 e. The normalized spacial score (nSPS) is 17.9. The summed E-state index contributed by atoms with van der Waals surface area (Å²) >= 11 is 0. The molecule has 0 aliphatic heterocycles. The quantitative estimate of drug-likeness (QED) is 0.836. The molecular formula is C12H20N4. The summed E-state index contributed by atoms with van der Waals surface area (Å²) in [6.07, 6.45) is 5.72. The summed E-state index contributed by atoms with van der Waals surface area (Å²) in [5, 5.41) is 3.57. The van der Waals surface area contributed by atoms with E-state index in [9.17, 15) is 0 Å². The second-order valence-electron chi connectivity index (χ2n) is 5.01. The van der Waals surface area contributed by atoms with Gasteiger partial charge >= 0.3 is 0 Å². The van der Waals surface area contributed by atoms with Gasteiger partial charge in [-0.3, -0.25) is 0 Å². The minimum Gasteiger partial charge on any atom is -0.347 e. The van der Waals surface area contributed by atoms with Crippen LogP contribution in [-0.4, -0.2) is 29.6 Å². The predicted molar refractivity (Wildman–Crippen MR) is 65.5 cm³/mol. The van der Waals surface area contributed by atoms with Crippen molar-refractivity contribution in [2.45, 2.75) is 38.3 Å². The Labute approximate surface area is 97.1 Å². The van der Waals surface area contributed by atoms with E-state index in [0.29, 0.717) is 5.54 Å². The molecule has 0 saturated heterocycles. The van der Waals surface area contributed by atoms with E-state index < -0.39 is 0 Å². The third kappa shape index (κ3) is 2.50. The van der Waals surface area contributed by atoms with Gasteiger partial charge in [-0.05, 0) is 32.3 Å². The molecule has 2 rings (SSSR count). The van der Waals surface area contributed by atoms with E-state index >= 15 is 0 Å². The fourth-order valence-corrected chi connectivity index (χ4v) is 1.89. The van der Waals surface area contributed by atoms with Crippen LogP contribution >= 0.6 is 0 Å². The van der Waals surface area contributed by atoms with Crippen molar-refractivity contribution in [3.8, 4) is 0 Å². The SMILES string of the molecule is CN(C)c1nccc(CNC2(C)CCC2)n1. The fraction of sp³-hybridized carbons (Fsp3) is 0.667. The van der Waals surface area contributed by atoms with Gasteiger partial charge in [-0.2, -0.15) is 0 Å². The van der Waals surface area contributed by atoms with E-state index in [0.717, 1.165) is 18.2 Å². The van der Waals surface area contributed by atoms with Gasteiger partial charge in [0.25, 0.3) is 0 Å². The van der Waals surface area contributed by atoms with Crippen LogP contribution in [0.5, 0.6) is 0 Å². The van der Waals surface area contributed by atoms with Crippen LogP contribution in [0.1, 0.15) is 31.9 Å². The van der Waals surface area contributed by atoms with E-state index in [1.165, 1.54) is 19.3 Å². The summed E-state index contributed by atoms with van der Waals surface area (Å²) in [5.74, 6) is 0.776. The van der Waals surface area contributed by atoms with Crippen LogP contribution in [0, 0.1) is 0 Å². The van der Waals surface area contributed by atoms with E-state index in [2.05, 4.69) is 22.2 Å². The average molecular weight is 220 g/mol. The lowest BCUT2D eigenvalue weighted by Gasteiger charge is -2.39. The minimum atomic E-state index is 0.337. The highest BCUT2D eigenvalue weighted by molar-refractivity contribution is 5.27. The van der Waals surface area contributed by atoms with Crippen molar-refractivity contribution in [2.24, 2.45) is 0 Å². The van der Waals surface area contributed by atoms with Gasteiger partial charge in [0.05, 0.1) is 5.69 Å². The summed E-state index contributed by atoms with van der Waals surface area (Å²) < 4.78 is 0. The molecule has 1 saturated carbocycles. The van der Waals surface area contributed by atoms with Gasteiger partial charge in [-0.1, -0.05) is 0 Å². The third-order valence-electron chi connectivity index (χ3n) is 3.25. The van der Waals surface area contributed by atoms with Gasteiger partial charge in [-0.25, -0.2) is 9.97 Å². The van der Waals surface area contributed by atoms with E-state index in [1.54, 1.807) is 0 Å². The maximum absolute atomic E-state index is 4.49. The molecular weight excluding hydrogens is 200 g/mol. The van der Waals surface area contributed by atoms with Crippen molar-refractivity contribution in [2.75, 3.05) is 19.0 Å². The maximum Gasteiger partial charge on any atom is 0.225 e. The lowest BCUT2D eigenvalue weighted by atomic mass is 9.78. The zero-order chi connectivity index (χ0) is 11.6. The van der Waals surface area contributed by atoms with Gasteiger partial charge in [0, 0.05) is 32.4 Å². The number of hydrogen-bond acceptors (Lipinski definition) is 4. The Kier molecular flexibility index (Phi) is 3.10. The second kappa shape index (κ2) is 4.37. The van der Waals surface area contributed by atoms with Crippen LogP contribution in [0.15, 0.2) is 12.3 Å². The number of anilines is 1. The topological polar surface area (TPSA) is 41.1 Å². The molecule has 0 radical (unpaired) electrons. The van der Waals surface area contributed by atoms with E-state index in [-0.39, 0.29) is 0 Å². The standard InChI is InChI=1S/C12H20N4/c1-12(6-4-7-12)14-9-10-5-8-13-11(15-10)16(2)3/h5,8,14H,4,6-7,9H2,1-3H3. The van der Waals surface area contributed by atoms with Crippen molar-refractivity contribution < 1.29 is 0 Å². The molecule has 0 aromatic carbocycles. The molecule has 16 heavy (non-hydrogen) atoms. The van der Waals surface area contributed by atoms with E-state index in [1.807, 2.05) is 31.3 Å². The lowest BCUT2D eigenvalue weighted by molar-refractivity contribution is 0.206. The first-order valence-electron chi connectivity index (χ1n) is 5.83. The summed E-state index contributed by atoms with van der Waals surface area (Å²) in [4.78, 5) is 10.6. The molecule has 4 heteroatoms. The Bertz CT molecular complexity index is 358. The number of nitrogens with zero attached hydrogens (tertiary/aromatic N) is 3. The van der Waals surface area contributed by atoms with Crippen molar-refractivity contribution >= 4 is 5.95 Å². The molecule has 1 aliphatic carbocycles. The molecule has 1 aromatic rings. The Hall–Kier alpha value is -1.16. The van der Waals surface area contributed by atoms with Crippen molar-refractivity contribution in [3.05, 3.63) is 18.0 Å². The molecule has 1 aliphatic rings. The lowest BCUT2D eigenvalue weighted by Crippen LogP contribution is -2.47. The molecule has 1 N–H and O–H groups in total. The third-order valence-corrected chi connectivity index (χ3v) is 3.25. The highest BCUT2D eigenvalue weighted by Crippen LogP contribution is 2.31. The zero-order valence-electron chi connectivity index (χ0n) is 10.3. The van der Waals surface area contributed by atoms with Crippen molar-refractivity contribution in [1.29, 1.82) is 0 Å². The highest BCUT2D eigenvalue weighted by atomic mass is 15.2. The molecule has 0 unspecified atom stereocenters. The predicted octanol–water partition coefficient (Wildman–Crippen LogP) is 1.57. The van der Waals surface area contributed by atoms with Gasteiger partial charge in [0.15, 0.2) is 0 Å². The Morgan fingerprint density at radius 3 is 2.75 bits per heavy atom. The molecule has 4 nitrogen and oxygen atoms in total. The molecule has 0 amide bonds. The van der Waals surface area contributed by atoms with Crippen LogP contribution in [0.2, 0.25) is 0 Å². The van der Waals surface area contributed by atoms with Crippen molar-refractivity contribution in [1.82, 2.24) is 15.3 Å². The Morgan fingerprint density at radius 2 is 2.19 bits per heavy atom. The largest absolute Gasteiger partial charge is 0.347 e. The Balaban J connectivity index is 1.96. The van der Waals surface area contributed by atoms with Gasteiger partial charge in [0.1, 0.15) is 0 Å². The summed E-state index contributed by atoms with van der Waals surface area (Å²) in [6, 6.07) is 1.97. The van der Waals surface area contributed by atoms with Crippen LogP contribution in [0.3, 0.4) is 0 Å². The monoisotopic (exact) mass is 220 g/mol. The zero-order valence-corrected chi connectivity index (χ0v) is 10.3. The van der Waals surface area contributed by atoms with Crippen LogP contribution in [0.25, 0.3) is 0 Å². The summed E-state index contributed by atoms with van der Waals surface area (Å²) in [5.41, 5.74) is 1.40. The summed E-state index contributed by atoms with van der Waals surface area (Å²) in [7, 11) is 3.92. The first kappa shape index (κ1) is 11.3. The van der Waals surface area contributed by atoms with Crippen LogP contribution in [-0.2, 0) is 6.54 Å². The van der Waals surface area contributed by atoms with Crippen LogP contribution < -0.4 is 10.2 Å². The number of nitrogens with one attached hydrogen (secondary N) is 1. The van der Waals surface area contributed by atoms with Gasteiger partial charge in [0.2, 0.25) is 5.95 Å². The molecule has 0 bridgehead atoms.